The van der Waals surface area contributed by atoms with E-state index in [1.807, 2.05) is 0 Å². The van der Waals surface area contributed by atoms with Crippen molar-refractivity contribution in [1.82, 2.24) is 10.2 Å². The number of hydrogen-bond acceptors (Lipinski definition) is 2. The van der Waals surface area contributed by atoms with Gasteiger partial charge < -0.3 is 5.32 Å². The number of benzene rings is 1. The first kappa shape index (κ1) is 12.4. The topological polar surface area (TPSA) is 15.3 Å². The van der Waals surface area contributed by atoms with Gasteiger partial charge in [-0.2, -0.15) is 0 Å². The van der Waals surface area contributed by atoms with Crippen LogP contribution in [0.2, 0.25) is 5.02 Å². The van der Waals surface area contributed by atoms with Crippen LogP contribution in [0.5, 0.6) is 0 Å². The molecule has 98 valence electrons. The highest BCUT2D eigenvalue weighted by molar-refractivity contribution is 6.31. The maximum Gasteiger partial charge on any atom is 0.123 e. The Morgan fingerprint density at radius 1 is 1.28 bits per heavy atom. The van der Waals surface area contributed by atoms with E-state index in [-0.39, 0.29) is 5.82 Å². The fourth-order valence-corrected chi connectivity index (χ4v) is 2.92. The van der Waals surface area contributed by atoms with Crippen LogP contribution < -0.4 is 5.32 Å². The Hall–Kier alpha value is -0.640. The van der Waals surface area contributed by atoms with Gasteiger partial charge in [0.1, 0.15) is 5.82 Å². The van der Waals surface area contributed by atoms with E-state index >= 15 is 0 Å². The highest BCUT2D eigenvalue weighted by atomic mass is 35.5. The lowest BCUT2D eigenvalue weighted by molar-refractivity contribution is 0.188. The van der Waals surface area contributed by atoms with Crippen LogP contribution in [0.15, 0.2) is 18.2 Å². The molecule has 0 radical (unpaired) electrons. The minimum Gasteiger partial charge on any atom is -0.315 e. The van der Waals surface area contributed by atoms with Crippen LogP contribution in [-0.2, 0) is 6.54 Å². The van der Waals surface area contributed by atoms with E-state index in [4.69, 9.17) is 11.6 Å². The number of nitrogens with one attached hydrogen (secondary N) is 1. The molecule has 0 amide bonds. The van der Waals surface area contributed by atoms with Crippen LogP contribution in [0.3, 0.4) is 0 Å². The molecule has 0 spiro atoms. The molecule has 0 aromatic heterocycles. The number of rotatable bonds is 4. The summed E-state index contributed by atoms with van der Waals surface area (Å²) in [6, 6.07) is 5.90. The van der Waals surface area contributed by atoms with Gasteiger partial charge in [0.15, 0.2) is 0 Å². The fourth-order valence-electron chi connectivity index (χ4n) is 2.75. The van der Waals surface area contributed by atoms with E-state index in [2.05, 4.69) is 10.2 Å². The van der Waals surface area contributed by atoms with Crippen molar-refractivity contribution < 1.29 is 4.39 Å². The number of hydrogen-bond donors (Lipinski definition) is 1. The van der Waals surface area contributed by atoms with Crippen LogP contribution in [-0.4, -0.2) is 30.1 Å². The number of nitrogens with zero attached hydrogens (tertiary/aromatic N) is 1. The summed E-state index contributed by atoms with van der Waals surface area (Å²) in [6.07, 6.45) is 3.72. The molecule has 2 aliphatic rings. The molecule has 1 aromatic carbocycles. The predicted molar refractivity (Wildman–Crippen MR) is 71.2 cm³/mol. The van der Waals surface area contributed by atoms with Crippen molar-refractivity contribution in [2.45, 2.75) is 37.9 Å². The minimum absolute atomic E-state index is 0.199. The zero-order chi connectivity index (χ0) is 12.5. The van der Waals surface area contributed by atoms with Crippen molar-refractivity contribution in [3.63, 3.8) is 0 Å². The standard InChI is InChI=1S/C14H18ClFN2/c15-14-4-1-11(16)7-10(14)9-18(12-2-3-12)13-5-6-17-8-13/h1,4,7,12-13,17H,2-3,5-6,8-9H2. The Labute approximate surface area is 112 Å². The van der Waals surface area contributed by atoms with Gasteiger partial charge in [-0.1, -0.05) is 11.6 Å². The smallest absolute Gasteiger partial charge is 0.123 e. The van der Waals surface area contributed by atoms with Gasteiger partial charge in [0.05, 0.1) is 0 Å². The third-order valence-corrected chi connectivity index (χ3v) is 4.25. The molecule has 1 aliphatic carbocycles. The first-order chi connectivity index (χ1) is 8.74. The maximum absolute atomic E-state index is 13.3. The summed E-state index contributed by atoms with van der Waals surface area (Å²) in [5, 5.41) is 4.07. The lowest BCUT2D eigenvalue weighted by atomic mass is 10.1. The van der Waals surface area contributed by atoms with Crippen molar-refractivity contribution in [1.29, 1.82) is 0 Å². The first-order valence-electron chi connectivity index (χ1n) is 6.64. The monoisotopic (exact) mass is 268 g/mol. The zero-order valence-corrected chi connectivity index (χ0v) is 11.1. The van der Waals surface area contributed by atoms with E-state index in [1.54, 1.807) is 12.1 Å². The summed E-state index contributed by atoms with van der Waals surface area (Å²) in [5.74, 6) is -0.199. The Morgan fingerprint density at radius 2 is 2.11 bits per heavy atom. The van der Waals surface area contributed by atoms with Gasteiger partial charge in [0.25, 0.3) is 0 Å². The summed E-state index contributed by atoms with van der Waals surface area (Å²) in [7, 11) is 0. The van der Waals surface area contributed by atoms with E-state index in [1.165, 1.54) is 25.3 Å². The van der Waals surface area contributed by atoms with Crippen LogP contribution in [0, 0.1) is 5.82 Å². The average molecular weight is 269 g/mol. The van der Waals surface area contributed by atoms with E-state index < -0.39 is 0 Å². The molecule has 2 fully saturated rings. The summed E-state index contributed by atoms with van der Waals surface area (Å²) >= 11 is 6.16. The van der Waals surface area contributed by atoms with Gasteiger partial charge in [0.2, 0.25) is 0 Å². The molecule has 1 saturated carbocycles. The van der Waals surface area contributed by atoms with Crippen LogP contribution in [0.4, 0.5) is 4.39 Å². The van der Waals surface area contributed by atoms with Gasteiger partial charge in [0, 0.05) is 30.2 Å². The van der Waals surface area contributed by atoms with Crippen molar-refractivity contribution in [2.75, 3.05) is 13.1 Å². The summed E-state index contributed by atoms with van der Waals surface area (Å²) in [4.78, 5) is 2.50. The fraction of sp³-hybridized carbons (Fsp3) is 0.571. The molecular formula is C14H18ClFN2. The zero-order valence-electron chi connectivity index (χ0n) is 10.3. The lowest BCUT2D eigenvalue weighted by Gasteiger charge is -2.28. The summed E-state index contributed by atoms with van der Waals surface area (Å²) < 4.78 is 13.3. The molecule has 1 unspecified atom stereocenters. The molecule has 4 heteroatoms. The van der Waals surface area contributed by atoms with Crippen molar-refractivity contribution >= 4 is 11.6 Å². The van der Waals surface area contributed by atoms with Crippen molar-refractivity contribution in [3.8, 4) is 0 Å². The minimum atomic E-state index is -0.199. The van der Waals surface area contributed by atoms with Gasteiger partial charge >= 0.3 is 0 Å². The molecule has 0 bridgehead atoms. The molecular weight excluding hydrogens is 251 g/mol. The maximum atomic E-state index is 13.3. The highest BCUT2D eigenvalue weighted by Crippen LogP contribution is 2.33. The Morgan fingerprint density at radius 3 is 2.78 bits per heavy atom. The van der Waals surface area contributed by atoms with Crippen LogP contribution >= 0.6 is 11.6 Å². The van der Waals surface area contributed by atoms with Gasteiger partial charge in [-0.05, 0) is 49.6 Å². The van der Waals surface area contributed by atoms with Crippen LogP contribution in [0.25, 0.3) is 0 Å². The molecule has 1 aliphatic heterocycles. The molecule has 1 N–H and O–H groups in total. The molecule has 2 nitrogen and oxygen atoms in total. The Kier molecular flexibility index (Phi) is 3.55. The Bertz CT molecular complexity index is 428. The van der Waals surface area contributed by atoms with Crippen molar-refractivity contribution in [3.05, 3.63) is 34.6 Å². The van der Waals surface area contributed by atoms with E-state index in [9.17, 15) is 4.39 Å². The van der Waals surface area contributed by atoms with Crippen LogP contribution in [0.1, 0.15) is 24.8 Å². The average Bonchev–Trinajstić information content (AvgIpc) is 3.05. The molecule has 1 aromatic rings. The largest absolute Gasteiger partial charge is 0.315 e. The third kappa shape index (κ3) is 2.68. The second kappa shape index (κ2) is 5.16. The lowest BCUT2D eigenvalue weighted by Crippen LogP contribution is -2.38. The molecule has 3 rings (SSSR count). The predicted octanol–water partition coefficient (Wildman–Crippen LogP) is 2.81. The van der Waals surface area contributed by atoms with Crippen molar-refractivity contribution in [2.24, 2.45) is 0 Å². The van der Waals surface area contributed by atoms with Gasteiger partial charge in [-0.3, -0.25) is 4.90 Å². The molecule has 1 atom stereocenters. The molecule has 1 saturated heterocycles. The third-order valence-electron chi connectivity index (χ3n) is 3.88. The normalized spacial score (nSPS) is 23.8. The first-order valence-corrected chi connectivity index (χ1v) is 7.02. The number of halogens is 2. The quantitative estimate of drug-likeness (QED) is 0.903. The van der Waals surface area contributed by atoms with E-state index in [0.717, 1.165) is 25.2 Å². The molecule has 18 heavy (non-hydrogen) atoms. The molecule has 1 heterocycles. The SMILES string of the molecule is Fc1ccc(Cl)c(CN(C2CC2)C2CCNC2)c1. The Balaban J connectivity index is 1.77. The summed E-state index contributed by atoms with van der Waals surface area (Å²) in [6.45, 7) is 2.90. The van der Waals surface area contributed by atoms with E-state index in [0.29, 0.717) is 17.1 Å². The highest BCUT2D eigenvalue weighted by Gasteiger charge is 2.35. The second-order valence-corrected chi connectivity index (χ2v) is 5.69. The van der Waals surface area contributed by atoms with Gasteiger partial charge in [-0.25, -0.2) is 4.39 Å². The second-order valence-electron chi connectivity index (χ2n) is 5.29. The van der Waals surface area contributed by atoms with Gasteiger partial charge in [-0.15, -0.1) is 0 Å². The summed E-state index contributed by atoms with van der Waals surface area (Å²) in [5.41, 5.74) is 0.912.